The Labute approximate surface area is 126 Å². The highest BCUT2D eigenvalue weighted by Gasteiger charge is 2.57. The number of carbonyl (C=O) groups is 1. The van der Waals surface area contributed by atoms with E-state index >= 15 is 0 Å². The van der Waals surface area contributed by atoms with E-state index in [2.05, 4.69) is 18.7 Å². The first-order chi connectivity index (χ1) is 9.75. The second kappa shape index (κ2) is 6.24. The molecule has 4 atom stereocenters. The Kier molecular flexibility index (Phi) is 4.98. The van der Waals surface area contributed by atoms with E-state index in [4.69, 9.17) is 15.8 Å². The Morgan fingerprint density at radius 2 is 2.10 bits per heavy atom. The van der Waals surface area contributed by atoms with Gasteiger partial charge in [0.15, 0.2) is 0 Å². The number of nitrogens with zero attached hydrogens (tertiary/aromatic N) is 1. The van der Waals surface area contributed by atoms with Gasteiger partial charge >= 0.3 is 13.1 Å². The van der Waals surface area contributed by atoms with Crippen molar-refractivity contribution in [3.63, 3.8) is 0 Å². The zero-order chi connectivity index (χ0) is 15.8. The maximum atomic E-state index is 11.6. The molecule has 0 amide bonds. The molecule has 1 saturated heterocycles. The number of hydrogen-bond acceptors (Lipinski definition) is 5. The summed E-state index contributed by atoms with van der Waals surface area (Å²) >= 11 is 0. The van der Waals surface area contributed by atoms with Crippen molar-refractivity contribution in [2.24, 2.45) is 23.5 Å². The van der Waals surface area contributed by atoms with Crippen LogP contribution in [0.3, 0.4) is 0 Å². The summed E-state index contributed by atoms with van der Waals surface area (Å²) in [6.45, 7) is 6.14. The first kappa shape index (κ1) is 16.7. The van der Waals surface area contributed by atoms with Crippen LogP contribution in [0.4, 0.5) is 0 Å². The zero-order valence-corrected chi connectivity index (χ0v) is 12.9. The highest BCUT2D eigenvalue weighted by Crippen LogP contribution is 2.49. The van der Waals surface area contributed by atoms with Crippen LogP contribution in [0.25, 0.3) is 0 Å². The van der Waals surface area contributed by atoms with Gasteiger partial charge in [0.25, 0.3) is 0 Å². The minimum Gasteiger partial charge on any atom is -0.480 e. The second-order valence-corrected chi connectivity index (χ2v) is 7.04. The Balaban J connectivity index is 2.08. The normalized spacial score (nSPS) is 36.2. The third kappa shape index (κ3) is 3.26. The van der Waals surface area contributed by atoms with E-state index in [9.17, 15) is 9.90 Å². The maximum absolute atomic E-state index is 11.6. The number of hydrogen-bond donors (Lipinski definition) is 4. The first-order valence-electron chi connectivity index (χ1n) is 7.88. The van der Waals surface area contributed by atoms with Crippen molar-refractivity contribution in [3.8, 4) is 0 Å². The van der Waals surface area contributed by atoms with Gasteiger partial charge in [-0.1, -0.05) is 6.42 Å². The summed E-state index contributed by atoms with van der Waals surface area (Å²) < 4.78 is 0. The molecule has 1 aliphatic heterocycles. The van der Waals surface area contributed by atoms with Gasteiger partial charge < -0.3 is 25.8 Å². The molecular weight excluding hydrogens is 271 g/mol. The molecule has 0 spiro atoms. The van der Waals surface area contributed by atoms with Crippen LogP contribution in [0, 0.1) is 17.8 Å². The van der Waals surface area contributed by atoms with E-state index in [1.807, 2.05) is 0 Å². The smallest absolute Gasteiger partial charge is 0.451 e. The Bertz CT molecular complexity index is 393. The Morgan fingerprint density at radius 3 is 2.62 bits per heavy atom. The fraction of sp³-hybridized carbons (Fsp3) is 0.929. The highest BCUT2D eigenvalue weighted by atomic mass is 16.4. The van der Waals surface area contributed by atoms with Gasteiger partial charge in [-0.3, -0.25) is 4.79 Å². The summed E-state index contributed by atoms with van der Waals surface area (Å²) in [7, 11) is -1.32. The zero-order valence-electron chi connectivity index (χ0n) is 12.9. The number of carboxylic acids is 1. The number of aliphatic carboxylic acids is 1. The van der Waals surface area contributed by atoms with Gasteiger partial charge in [-0.05, 0) is 50.8 Å². The summed E-state index contributed by atoms with van der Waals surface area (Å²) in [6.07, 6.45) is 2.05. The van der Waals surface area contributed by atoms with Crippen molar-refractivity contribution in [2.45, 2.75) is 51.0 Å². The largest absolute Gasteiger partial charge is 0.480 e. The first-order valence-corrected chi connectivity index (χ1v) is 7.88. The molecule has 1 heterocycles. The summed E-state index contributed by atoms with van der Waals surface area (Å²) in [5, 5.41) is 27.5. The summed E-state index contributed by atoms with van der Waals surface area (Å²) in [5.74, 6) is -0.341. The van der Waals surface area contributed by atoms with Gasteiger partial charge in [0.1, 0.15) is 5.54 Å². The molecule has 2 aliphatic rings. The van der Waals surface area contributed by atoms with Gasteiger partial charge in [-0.2, -0.15) is 0 Å². The van der Waals surface area contributed by atoms with E-state index in [1.165, 1.54) is 0 Å². The molecule has 5 N–H and O–H groups in total. The van der Waals surface area contributed by atoms with E-state index in [0.717, 1.165) is 13.1 Å². The standard InChI is InChI=1S/C14H27BN2O4/c1-9(2)17-7-10-6-14(16,13(18)19)12(11(10)8-17)4-3-5-15(20)21/h9-12,20-21H,3-8,16H2,1-2H3,(H,18,19). The molecule has 0 bridgehead atoms. The minimum absolute atomic E-state index is 0.0810. The molecule has 21 heavy (non-hydrogen) atoms. The lowest BCUT2D eigenvalue weighted by molar-refractivity contribution is -0.145. The molecule has 6 nitrogen and oxygen atoms in total. The molecule has 1 saturated carbocycles. The molecule has 0 aromatic rings. The molecule has 2 fully saturated rings. The van der Waals surface area contributed by atoms with Crippen molar-refractivity contribution in [1.82, 2.24) is 4.90 Å². The van der Waals surface area contributed by atoms with E-state index in [1.54, 1.807) is 0 Å². The molecule has 0 aromatic heterocycles. The number of fused-ring (bicyclic) bond motifs is 1. The molecule has 2 rings (SSSR count). The van der Waals surface area contributed by atoms with E-state index < -0.39 is 18.6 Å². The van der Waals surface area contributed by atoms with Crippen LogP contribution in [0.5, 0.6) is 0 Å². The van der Waals surface area contributed by atoms with Crippen LogP contribution in [0.1, 0.15) is 33.1 Å². The van der Waals surface area contributed by atoms with Crippen molar-refractivity contribution in [3.05, 3.63) is 0 Å². The molecule has 4 unspecified atom stereocenters. The second-order valence-electron chi connectivity index (χ2n) is 7.04. The van der Waals surface area contributed by atoms with Crippen molar-refractivity contribution in [2.75, 3.05) is 13.1 Å². The van der Waals surface area contributed by atoms with Gasteiger partial charge in [-0.15, -0.1) is 0 Å². The Morgan fingerprint density at radius 1 is 1.43 bits per heavy atom. The van der Waals surface area contributed by atoms with Crippen LogP contribution in [-0.4, -0.2) is 57.8 Å². The van der Waals surface area contributed by atoms with E-state index in [-0.39, 0.29) is 12.2 Å². The fourth-order valence-corrected chi connectivity index (χ4v) is 4.23. The SMILES string of the molecule is CC(C)N1CC2CC(N)(C(=O)O)C(CCCB(O)O)C2C1. The molecule has 1 aliphatic carbocycles. The lowest BCUT2D eigenvalue weighted by Gasteiger charge is -2.32. The number of nitrogens with two attached hydrogens (primary N) is 1. The van der Waals surface area contributed by atoms with Gasteiger partial charge in [0, 0.05) is 19.1 Å². The fourth-order valence-electron chi connectivity index (χ4n) is 4.23. The Hall–Kier alpha value is -0.625. The monoisotopic (exact) mass is 298 g/mol. The third-order valence-electron chi connectivity index (χ3n) is 5.40. The molecule has 0 radical (unpaired) electrons. The lowest BCUT2D eigenvalue weighted by atomic mass is 9.76. The number of rotatable bonds is 6. The summed E-state index contributed by atoms with van der Waals surface area (Å²) in [6, 6.07) is 0.465. The van der Waals surface area contributed by atoms with Crippen LogP contribution < -0.4 is 5.73 Å². The molecule has 120 valence electrons. The van der Waals surface area contributed by atoms with Gasteiger partial charge in [0.2, 0.25) is 0 Å². The minimum atomic E-state index is -1.32. The van der Waals surface area contributed by atoms with Crippen LogP contribution in [-0.2, 0) is 4.79 Å². The average Bonchev–Trinajstić information content (AvgIpc) is 2.87. The lowest BCUT2D eigenvalue weighted by Crippen LogP contribution is -2.53. The summed E-state index contributed by atoms with van der Waals surface area (Å²) in [5.41, 5.74) is 5.08. The van der Waals surface area contributed by atoms with E-state index in [0.29, 0.717) is 37.1 Å². The topological polar surface area (TPSA) is 107 Å². The maximum Gasteiger partial charge on any atom is 0.451 e. The highest BCUT2D eigenvalue weighted by molar-refractivity contribution is 6.40. The quantitative estimate of drug-likeness (QED) is 0.514. The van der Waals surface area contributed by atoms with Crippen molar-refractivity contribution < 1.29 is 19.9 Å². The predicted molar refractivity (Wildman–Crippen MR) is 80.6 cm³/mol. The van der Waals surface area contributed by atoms with Crippen molar-refractivity contribution >= 4 is 13.1 Å². The number of carboxylic acid groups (broad SMARTS) is 1. The van der Waals surface area contributed by atoms with Gasteiger partial charge in [-0.25, -0.2) is 0 Å². The third-order valence-corrected chi connectivity index (χ3v) is 5.40. The van der Waals surface area contributed by atoms with Gasteiger partial charge in [0.05, 0.1) is 0 Å². The molecule has 0 aromatic carbocycles. The number of likely N-dealkylation sites (tertiary alicyclic amines) is 1. The van der Waals surface area contributed by atoms with Crippen LogP contribution in [0.2, 0.25) is 6.32 Å². The molecular formula is C14H27BN2O4. The predicted octanol–water partition coefficient (Wildman–Crippen LogP) is -0.00220. The summed E-state index contributed by atoms with van der Waals surface area (Å²) in [4.78, 5) is 14.0. The molecule has 7 heteroatoms. The average molecular weight is 298 g/mol. The van der Waals surface area contributed by atoms with Crippen molar-refractivity contribution in [1.29, 1.82) is 0 Å². The van der Waals surface area contributed by atoms with Crippen LogP contribution >= 0.6 is 0 Å². The van der Waals surface area contributed by atoms with Crippen LogP contribution in [0.15, 0.2) is 0 Å².